The van der Waals surface area contributed by atoms with E-state index in [-0.39, 0.29) is 33.8 Å². The van der Waals surface area contributed by atoms with Gasteiger partial charge in [0.15, 0.2) is 11.6 Å². The van der Waals surface area contributed by atoms with Crippen molar-refractivity contribution in [1.82, 2.24) is 9.88 Å². The molecule has 3 aromatic rings. The molecule has 0 radical (unpaired) electrons. The number of ether oxygens (including phenoxy) is 1. The number of aromatic nitrogens is 1. The number of phenols is 1. The number of hydrogen-bond acceptors (Lipinski definition) is 5. The Morgan fingerprint density at radius 1 is 1.24 bits per heavy atom. The standard InChI is InChI=1S/C25H27ClFN3O3/c1-4-5-12-30(3)25(32)17-8-6-16(7-9-17)18-13-21(24(28)29-14-18)33-15(2)22-20(31)11-10-19(27)23(22)26/h6-11,13-15,31H,4-5,12H2,1-3H3,(H2,28,29). The molecule has 33 heavy (non-hydrogen) atoms. The van der Waals surface area contributed by atoms with E-state index in [1.807, 2.05) is 12.1 Å². The minimum absolute atomic E-state index is 0.0324. The second kappa shape index (κ2) is 10.5. The Bertz CT molecular complexity index is 1140. The van der Waals surface area contributed by atoms with Gasteiger partial charge in [-0.05, 0) is 49.2 Å². The van der Waals surface area contributed by atoms with Gasteiger partial charge in [0, 0.05) is 30.9 Å². The first-order chi connectivity index (χ1) is 15.7. The summed E-state index contributed by atoms with van der Waals surface area (Å²) in [5.74, 6) is -0.466. The van der Waals surface area contributed by atoms with E-state index < -0.39 is 11.9 Å². The van der Waals surface area contributed by atoms with Gasteiger partial charge in [0.25, 0.3) is 5.91 Å². The van der Waals surface area contributed by atoms with Gasteiger partial charge in [0.05, 0.1) is 10.6 Å². The fraction of sp³-hybridized carbons (Fsp3) is 0.280. The lowest BCUT2D eigenvalue weighted by Gasteiger charge is -2.19. The van der Waals surface area contributed by atoms with Crippen LogP contribution in [0.2, 0.25) is 5.02 Å². The van der Waals surface area contributed by atoms with Crippen molar-refractivity contribution in [2.45, 2.75) is 32.8 Å². The number of pyridine rings is 1. The topological polar surface area (TPSA) is 88.7 Å². The molecule has 1 amide bonds. The lowest BCUT2D eigenvalue weighted by molar-refractivity contribution is 0.0793. The van der Waals surface area contributed by atoms with Gasteiger partial charge in [-0.1, -0.05) is 37.1 Å². The fourth-order valence-corrected chi connectivity index (χ4v) is 3.74. The highest BCUT2D eigenvalue weighted by Gasteiger charge is 2.21. The van der Waals surface area contributed by atoms with Crippen LogP contribution in [0.3, 0.4) is 0 Å². The molecule has 0 aliphatic heterocycles. The van der Waals surface area contributed by atoms with Crippen LogP contribution < -0.4 is 10.5 Å². The van der Waals surface area contributed by atoms with E-state index in [0.29, 0.717) is 12.1 Å². The average molecular weight is 472 g/mol. The van der Waals surface area contributed by atoms with Crippen LogP contribution in [0.4, 0.5) is 10.2 Å². The number of phenolic OH excluding ortho intramolecular Hbond substituents is 1. The molecule has 174 valence electrons. The summed E-state index contributed by atoms with van der Waals surface area (Å²) in [7, 11) is 1.79. The number of halogens is 2. The second-order valence-electron chi connectivity index (χ2n) is 7.82. The van der Waals surface area contributed by atoms with E-state index in [4.69, 9.17) is 22.1 Å². The normalized spacial score (nSPS) is 11.8. The molecule has 0 saturated heterocycles. The molecule has 1 atom stereocenters. The maximum absolute atomic E-state index is 13.9. The number of hydrogen-bond donors (Lipinski definition) is 2. The molecule has 6 nitrogen and oxygen atoms in total. The third-order valence-corrected chi connectivity index (χ3v) is 5.74. The predicted octanol–water partition coefficient (Wildman–Crippen LogP) is 5.84. The maximum Gasteiger partial charge on any atom is 0.253 e. The van der Waals surface area contributed by atoms with E-state index in [2.05, 4.69) is 11.9 Å². The Kier molecular flexibility index (Phi) is 7.76. The fourth-order valence-electron chi connectivity index (χ4n) is 3.42. The third-order valence-electron chi connectivity index (χ3n) is 5.36. The van der Waals surface area contributed by atoms with Crippen LogP contribution in [-0.2, 0) is 0 Å². The smallest absolute Gasteiger partial charge is 0.253 e. The minimum atomic E-state index is -0.786. The zero-order valence-electron chi connectivity index (χ0n) is 18.8. The van der Waals surface area contributed by atoms with Gasteiger partial charge in [0.2, 0.25) is 0 Å². The summed E-state index contributed by atoms with van der Waals surface area (Å²) >= 11 is 6.02. The van der Waals surface area contributed by atoms with Crippen molar-refractivity contribution in [3.8, 4) is 22.6 Å². The van der Waals surface area contributed by atoms with Crippen molar-refractivity contribution < 1.29 is 19.0 Å². The second-order valence-corrected chi connectivity index (χ2v) is 8.20. The van der Waals surface area contributed by atoms with E-state index >= 15 is 0 Å². The van der Waals surface area contributed by atoms with Crippen molar-refractivity contribution in [1.29, 1.82) is 0 Å². The highest BCUT2D eigenvalue weighted by atomic mass is 35.5. The van der Waals surface area contributed by atoms with Gasteiger partial charge < -0.3 is 20.5 Å². The minimum Gasteiger partial charge on any atom is -0.507 e. The lowest BCUT2D eigenvalue weighted by atomic mass is 10.0. The van der Waals surface area contributed by atoms with E-state index in [1.165, 1.54) is 6.07 Å². The van der Waals surface area contributed by atoms with Crippen molar-refractivity contribution in [2.24, 2.45) is 0 Å². The van der Waals surface area contributed by atoms with Crippen molar-refractivity contribution >= 4 is 23.3 Å². The molecule has 0 spiro atoms. The van der Waals surface area contributed by atoms with Crippen molar-refractivity contribution in [3.05, 3.63) is 70.6 Å². The summed E-state index contributed by atoms with van der Waals surface area (Å²) in [5, 5.41) is 9.90. The number of amides is 1. The highest BCUT2D eigenvalue weighted by Crippen LogP contribution is 2.37. The first-order valence-corrected chi connectivity index (χ1v) is 11.1. The zero-order chi connectivity index (χ0) is 24.1. The van der Waals surface area contributed by atoms with Crippen LogP contribution in [0.5, 0.6) is 11.5 Å². The molecule has 0 aliphatic rings. The van der Waals surface area contributed by atoms with Gasteiger partial charge in [-0.15, -0.1) is 0 Å². The molecule has 8 heteroatoms. The number of nitrogens with two attached hydrogens (primary N) is 1. The number of carbonyl (C=O) groups is 1. The molecule has 1 heterocycles. The van der Waals surface area contributed by atoms with Gasteiger partial charge in [-0.2, -0.15) is 0 Å². The molecule has 1 unspecified atom stereocenters. The summed E-state index contributed by atoms with van der Waals surface area (Å²) in [6, 6.07) is 11.2. The van der Waals surface area contributed by atoms with Gasteiger partial charge in [-0.3, -0.25) is 4.79 Å². The maximum atomic E-state index is 13.9. The summed E-state index contributed by atoms with van der Waals surface area (Å²) in [6.07, 6.45) is 2.79. The van der Waals surface area contributed by atoms with Crippen molar-refractivity contribution in [3.63, 3.8) is 0 Å². The number of benzene rings is 2. The first kappa shape index (κ1) is 24.3. The molecule has 0 saturated carbocycles. The lowest BCUT2D eigenvalue weighted by Crippen LogP contribution is -2.27. The van der Waals surface area contributed by atoms with Crippen LogP contribution in [-0.4, -0.2) is 34.5 Å². The molecular weight excluding hydrogens is 445 g/mol. The van der Waals surface area contributed by atoms with Crippen LogP contribution >= 0.6 is 11.6 Å². The molecule has 3 rings (SSSR count). The molecular formula is C25H27ClFN3O3. The first-order valence-electron chi connectivity index (χ1n) is 10.7. The summed E-state index contributed by atoms with van der Waals surface area (Å²) < 4.78 is 19.7. The molecule has 0 fully saturated rings. The molecule has 2 aromatic carbocycles. The Morgan fingerprint density at radius 2 is 1.94 bits per heavy atom. The SMILES string of the molecule is CCCCN(C)C(=O)c1ccc(-c2cnc(N)c(OC(C)c3c(O)ccc(F)c3Cl)c2)cc1. The highest BCUT2D eigenvalue weighted by molar-refractivity contribution is 6.31. The number of rotatable bonds is 8. The average Bonchev–Trinajstić information content (AvgIpc) is 2.81. The Hall–Kier alpha value is -3.32. The summed E-state index contributed by atoms with van der Waals surface area (Å²) in [6.45, 7) is 4.42. The number of unbranched alkanes of at least 4 members (excludes halogenated alkanes) is 1. The zero-order valence-corrected chi connectivity index (χ0v) is 19.6. The Labute approximate surface area is 197 Å². The largest absolute Gasteiger partial charge is 0.507 e. The number of aromatic hydroxyl groups is 1. The molecule has 0 bridgehead atoms. The Morgan fingerprint density at radius 3 is 2.61 bits per heavy atom. The quantitative estimate of drug-likeness (QED) is 0.430. The van der Waals surface area contributed by atoms with E-state index in [1.54, 1.807) is 43.3 Å². The summed E-state index contributed by atoms with van der Waals surface area (Å²) in [5.41, 5.74) is 8.24. The molecule has 1 aromatic heterocycles. The van der Waals surface area contributed by atoms with Crippen LogP contribution in [0.25, 0.3) is 11.1 Å². The number of anilines is 1. The molecule has 3 N–H and O–H groups in total. The third kappa shape index (κ3) is 5.54. The van der Waals surface area contributed by atoms with Crippen LogP contribution in [0, 0.1) is 5.82 Å². The molecule has 0 aliphatic carbocycles. The Balaban J connectivity index is 1.82. The van der Waals surface area contributed by atoms with Gasteiger partial charge >= 0.3 is 0 Å². The van der Waals surface area contributed by atoms with E-state index in [0.717, 1.165) is 30.0 Å². The number of nitrogen functional groups attached to an aromatic ring is 1. The van der Waals surface area contributed by atoms with Crippen LogP contribution in [0.15, 0.2) is 48.7 Å². The van der Waals surface area contributed by atoms with Gasteiger partial charge in [-0.25, -0.2) is 9.37 Å². The van der Waals surface area contributed by atoms with Crippen LogP contribution in [0.1, 0.15) is 48.7 Å². The number of carbonyl (C=O) groups excluding carboxylic acids is 1. The van der Waals surface area contributed by atoms with E-state index in [9.17, 15) is 14.3 Å². The summed E-state index contributed by atoms with van der Waals surface area (Å²) in [4.78, 5) is 18.5. The van der Waals surface area contributed by atoms with Crippen molar-refractivity contribution in [2.75, 3.05) is 19.3 Å². The monoisotopic (exact) mass is 471 g/mol. The predicted molar refractivity (Wildman–Crippen MR) is 128 cm³/mol. The van der Waals surface area contributed by atoms with Gasteiger partial charge in [0.1, 0.15) is 17.7 Å². The number of nitrogens with zero attached hydrogens (tertiary/aromatic N) is 2.